The summed E-state index contributed by atoms with van der Waals surface area (Å²) in [5.41, 5.74) is 1.14. The van der Waals surface area contributed by atoms with Crippen molar-refractivity contribution in [3.8, 4) is 11.5 Å². The number of nitrogens with one attached hydrogen (secondary N) is 1. The molecule has 2 heterocycles. The lowest BCUT2D eigenvalue weighted by Gasteiger charge is -2.32. The van der Waals surface area contributed by atoms with Crippen LogP contribution in [-0.2, 0) is 11.3 Å². The Labute approximate surface area is 216 Å². The average molecular weight is 576 g/mol. The Morgan fingerprint density at radius 2 is 1.94 bits per heavy atom. The van der Waals surface area contributed by atoms with Crippen LogP contribution in [0.25, 0.3) is 0 Å². The molecule has 2 aliphatic heterocycles. The zero-order valence-corrected chi connectivity index (χ0v) is 23.0. The largest absolute Gasteiger partial charge is 0.493 e. The molecule has 33 heavy (non-hydrogen) atoms. The van der Waals surface area contributed by atoms with Crippen LogP contribution in [0.2, 0.25) is 0 Å². The number of hydrogen-bond acceptors (Lipinski definition) is 6. The number of morpholine rings is 1. The fraction of sp³-hybridized carbons (Fsp3) is 0.708. The first-order chi connectivity index (χ1) is 15.7. The van der Waals surface area contributed by atoms with Gasteiger partial charge in [0.2, 0.25) is 0 Å². The second-order valence-corrected chi connectivity index (χ2v) is 8.30. The molecule has 9 heteroatoms. The van der Waals surface area contributed by atoms with Gasteiger partial charge in [-0.05, 0) is 37.2 Å². The van der Waals surface area contributed by atoms with E-state index in [2.05, 4.69) is 44.9 Å². The number of nitrogens with zero attached hydrogens (tertiary/aromatic N) is 4. The third-order valence-electron chi connectivity index (χ3n) is 6.47. The molecular formula is C24H42IN5O3. The summed E-state index contributed by atoms with van der Waals surface area (Å²) in [5.74, 6) is 2.52. The lowest BCUT2D eigenvalue weighted by Crippen LogP contribution is -2.46. The molecular weight excluding hydrogens is 533 g/mol. The molecule has 1 unspecified atom stereocenters. The fourth-order valence-corrected chi connectivity index (χ4v) is 4.45. The Balaban J connectivity index is 0.00000385. The van der Waals surface area contributed by atoms with Gasteiger partial charge in [0.05, 0.1) is 20.3 Å². The summed E-state index contributed by atoms with van der Waals surface area (Å²) in [6.07, 6.45) is 1.17. The standard InChI is InChI=1S/C24H41N5O3.HI/c1-5-27(6-2)11-16-32-22-8-7-20(17-23(22)30-4)18-26-24(25-3)29-10-9-21(19-29)28-12-14-31-15-13-28;/h7-8,17,21H,5-6,9-16,18-19H2,1-4H3,(H,25,26);1H. The second-order valence-electron chi connectivity index (χ2n) is 8.30. The van der Waals surface area contributed by atoms with E-state index in [4.69, 9.17) is 14.2 Å². The van der Waals surface area contributed by atoms with Gasteiger partial charge in [0.1, 0.15) is 6.61 Å². The van der Waals surface area contributed by atoms with Gasteiger partial charge in [0.25, 0.3) is 0 Å². The molecule has 2 aliphatic rings. The van der Waals surface area contributed by atoms with Crippen molar-refractivity contribution >= 4 is 29.9 Å². The highest BCUT2D eigenvalue weighted by atomic mass is 127. The molecule has 1 N–H and O–H groups in total. The Bertz CT molecular complexity index is 726. The minimum atomic E-state index is 0. The monoisotopic (exact) mass is 575 g/mol. The number of rotatable bonds is 10. The summed E-state index contributed by atoms with van der Waals surface area (Å²) in [4.78, 5) is 11.8. The predicted octanol–water partition coefficient (Wildman–Crippen LogP) is 2.52. The molecule has 188 valence electrons. The van der Waals surface area contributed by atoms with E-state index in [1.807, 2.05) is 19.2 Å². The van der Waals surface area contributed by atoms with Crippen LogP contribution in [-0.4, -0.2) is 106 Å². The van der Waals surface area contributed by atoms with Crippen LogP contribution < -0.4 is 14.8 Å². The number of benzene rings is 1. The highest BCUT2D eigenvalue weighted by Gasteiger charge is 2.30. The summed E-state index contributed by atoms with van der Waals surface area (Å²) in [6, 6.07) is 6.74. The average Bonchev–Trinajstić information content (AvgIpc) is 3.33. The van der Waals surface area contributed by atoms with Gasteiger partial charge in [-0.2, -0.15) is 0 Å². The third kappa shape index (κ3) is 8.15. The quantitative estimate of drug-likeness (QED) is 0.262. The zero-order valence-electron chi connectivity index (χ0n) is 20.7. The highest BCUT2D eigenvalue weighted by Crippen LogP contribution is 2.28. The van der Waals surface area contributed by atoms with Gasteiger partial charge in [-0.1, -0.05) is 19.9 Å². The van der Waals surface area contributed by atoms with E-state index in [1.165, 1.54) is 6.42 Å². The van der Waals surface area contributed by atoms with Crippen LogP contribution in [0.15, 0.2) is 23.2 Å². The Morgan fingerprint density at radius 3 is 2.61 bits per heavy atom. The molecule has 0 spiro atoms. The summed E-state index contributed by atoms with van der Waals surface area (Å²) >= 11 is 0. The molecule has 1 aromatic carbocycles. The highest BCUT2D eigenvalue weighted by molar-refractivity contribution is 14.0. The first-order valence-corrected chi connectivity index (χ1v) is 12.0. The molecule has 0 aliphatic carbocycles. The topological polar surface area (TPSA) is 61.8 Å². The van der Waals surface area contributed by atoms with Crippen molar-refractivity contribution < 1.29 is 14.2 Å². The van der Waals surface area contributed by atoms with Crippen molar-refractivity contribution in [1.82, 2.24) is 20.0 Å². The van der Waals surface area contributed by atoms with Crippen LogP contribution >= 0.6 is 24.0 Å². The van der Waals surface area contributed by atoms with Crippen LogP contribution in [0.5, 0.6) is 11.5 Å². The molecule has 1 aromatic rings. The minimum absolute atomic E-state index is 0. The van der Waals surface area contributed by atoms with Gasteiger partial charge in [0.15, 0.2) is 17.5 Å². The number of halogens is 1. The lowest BCUT2D eigenvalue weighted by atomic mass is 10.2. The molecule has 1 atom stereocenters. The van der Waals surface area contributed by atoms with Crippen molar-refractivity contribution in [2.45, 2.75) is 32.9 Å². The van der Waals surface area contributed by atoms with Gasteiger partial charge in [-0.25, -0.2) is 0 Å². The third-order valence-corrected chi connectivity index (χ3v) is 6.47. The van der Waals surface area contributed by atoms with E-state index in [1.54, 1.807) is 7.11 Å². The second kappa shape index (κ2) is 14.9. The molecule has 2 saturated heterocycles. The first-order valence-electron chi connectivity index (χ1n) is 12.0. The number of guanidine groups is 1. The molecule has 8 nitrogen and oxygen atoms in total. The summed E-state index contributed by atoms with van der Waals surface area (Å²) < 4.78 is 17.1. The van der Waals surface area contributed by atoms with Crippen LogP contribution in [0.4, 0.5) is 0 Å². The Morgan fingerprint density at radius 1 is 1.18 bits per heavy atom. The molecule has 0 saturated carbocycles. The molecule has 2 fully saturated rings. The van der Waals surface area contributed by atoms with E-state index in [0.29, 0.717) is 19.2 Å². The predicted molar refractivity (Wildman–Crippen MR) is 144 cm³/mol. The first kappa shape index (κ1) is 27.9. The maximum atomic E-state index is 5.98. The van der Waals surface area contributed by atoms with E-state index in [-0.39, 0.29) is 24.0 Å². The molecule has 0 bridgehead atoms. The van der Waals surface area contributed by atoms with Gasteiger partial charge in [-0.15, -0.1) is 24.0 Å². The summed E-state index contributed by atoms with van der Waals surface area (Å²) in [7, 11) is 3.55. The van der Waals surface area contributed by atoms with Gasteiger partial charge >= 0.3 is 0 Å². The molecule has 0 radical (unpaired) electrons. The maximum absolute atomic E-state index is 5.98. The van der Waals surface area contributed by atoms with E-state index >= 15 is 0 Å². The fourth-order valence-electron chi connectivity index (χ4n) is 4.45. The van der Waals surface area contributed by atoms with Gasteiger partial charge < -0.3 is 29.3 Å². The number of methoxy groups -OCH3 is 1. The van der Waals surface area contributed by atoms with Crippen LogP contribution in [0.1, 0.15) is 25.8 Å². The maximum Gasteiger partial charge on any atom is 0.193 e. The van der Waals surface area contributed by atoms with Crippen molar-refractivity contribution in [2.24, 2.45) is 4.99 Å². The normalized spacial score (nSPS) is 19.5. The van der Waals surface area contributed by atoms with Crippen LogP contribution in [0.3, 0.4) is 0 Å². The van der Waals surface area contributed by atoms with Gasteiger partial charge in [-0.3, -0.25) is 9.89 Å². The zero-order chi connectivity index (χ0) is 22.8. The van der Waals surface area contributed by atoms with Crippen molar-refractivity contribution in [2.75, 3.05) is 79.8 Å². The number of hydrogen-bond donors (Lipinski definition) is 1. The van der Waals surface area contributed by atoms with Crippen molar-refractivity contribution in [1.29, 1.82) is 0 Å². The summed E-state index contributed by atoms with van der Waals surface area (Å²) in [6.45, 7) is 14.5. The smallest absolute Gasteiger partial charge is 0.193 e. The Hall–Kier alpha value is -1.30. The number of likely N-dealkylation sites (tertiary alicyclic amines) is 1. The van der Waals surface area contributed by atoms with Crippen molar-refractivity contribution in [3.05, 3.63) is 23.8 Å². The minimum Gasteiger partial charge on any atom is -0.493 e. The van der Waals surface area contributed by atoms with Gasteiger partial charge in [0, 0.05) is 52.4 Å². The lowest BCUT2D eigenvalue weighted by molar-refractivity contribution is 0.0195. The number of aliphatic imine (C=N–C) groups is 1. The van der Waals surface area contributed by atoms with Crippen molar-refractivity contribution in [3.63, 3.8) is 0 Å². The van der Waals surface area contributed by atoms with E-state index in [9.17, 15) is 0 Å². The molecule has 0 aromatic heterocycles. The Kier molecular flexibility index (Phi) is 12.6. The number of ether oxygens (including phenoxy) is 3. The van der Waals surface area contributed by atoms with Crippen LogP contribution in [0, 0.1) is 0 Å². The molecule has 3 rings (SSSR count). The molecule has 0 amide bonds. The van der Waals surface area contributed by atoms with E-state index < -0.39 is 0 Å². The SMILES string of the molecule is CCN(CC)CCOc1ccc(CNC(=NC)N2CCC(N3CCOCC3)C2)cc1OC.I. The summed E-state index contributed by atoms with van der Waals surface area (Å²) in [5, 5.41) is 3.52. The number of likely N-dealkylation sites (N-methyl/N-ethyl adjacent to an activating group) is 1. The van der Waals surface area contributed by atoms with E-state index in [0.717, 1.165) is 82.0 Å².